The molecule has 0 unspecified atom stereocenters. The van der Waals surface area contributed by atoms with Crippen LogP contribution in [0.25, 0.3) is 0 Å². The number of imidazole rings is 1. The van der Waals surface area contributed by atoms with Gasteiger partial charge in [-0.05, 0) is 31.4 Å². The van der Waals surface area contributed by atoms with E-state index in [2.05, 4.69) is 16.0 Å². The van der Waals surface area contributed by atoms with Crippen LogP contribution < -0.4 is 0 Å². The summed E-state index contributed by atoms with van der Waals surface area (Å²) < 4.78 is 0. The number of ketones is 1. The molecule has 18 heavy (non-hydrogen) atoms. The maximum Gasteiger partial charge on any atom is 0.172 e. The van der Waals surface area contributed by atoms with Gasteiger partial charge < -0.3 is 4.98 Å². The Morgan fingerprint density at radius 2 is 2.17 bits per heavy atom. The lowest BCUT2D eigenvalue weighted by Crippen LogP contribution is -1.91. The predicted octanol–water partition coefficient (Wildman–Crippen LogP) is 3.63. The van der Waals surface area contributed by atoms with Crippen molar-refractivity contribution in [1.29, 1.82) is 0 Å². The zero-order valence-corrected chi connectivity index (χ0v) is 11.4. The average Bonchev–Trinajstić information content (AvgIpc) is 3.05. The molecular weight excluding hydrogens is 244 g/mol. The maximum absolute atomic E-state index is 11.5. The summed E-state index contributed by atoms with van der Waals surface area (Å²) in [5.41, 5.74) is 0. The second-order valence-electron chi connectivity index (χ2n) is 4.29. The van der Waals surface area contributed by atoms with Crippen molar-refractivity contribution in [3.8, 4) is 0 Å². The number of hydrogen-bond acceptors (Lipinski definition) is 3. The Balaban J connectivity index is 1.73. The van der Waals surface area contributed by atoms with E-state index in [-0.39, 0.29) is 5.78 Å². The minimum absolute atomic E-state index is 0.252. The second-order valence-corrected chi connectivity index (χ2v) is 5.45. The highest BCUT2D eigenvalue weighted by molar-refractivity contribution is 7.14. The summed E-state index contributed by atoms with van der Waals surface area (Å²) in [6, 6.07) is 4.04. The second kappa shape index (κ2) is 6.50. The summed E-state index contributed by atoms with van der Waals surface area (Å²) in [6.07, 6.45) is 8.57. The van der Waals surface area contributed by atoms with Gasteiger partial charge in [-0.3, -0.25) is 4.79 Å². The van der Waals surface area contributed by atoms with Gasteiger partial charge in [0.15, 0.2) is 5.78 Å². The van der Waals surface area contributed by atoms with Crippen molar-refractivity contribution in [2.45, 2.75) is 39.0 Å². The standard InChI is InChI=1S/C14H18N2OS/c1-2-12(17)13-8-7-11(18-13)5-3-4-6-14-15-9-10-16-14/h7-10H,2-6H2,1H3,(H,15,16). The Hall–Kier alpha value is -1.42. The van der Waals surface area contributed by atoms with Crippen LogP contribution in [0.15, 0.2) is 24.5 Å². The number of unbranched alkanes of at least 4 members (excludes halogenated alkanes) is 1. The molecule has 0 bridgehead atoms. The number of Topliss-reactive ketones (excluding diaryl/α,β-unsaturated/α-hetero) is 1. The topological polar surface area (TPSA) is 45.8 Å². The number of nitrogens with zero attached hydrogens (tertiary/aromatic N) is 1. The highest BCUT2D eigenvalue weighted by atomic mass is 32.1. The van der Waals surface area contributed by atoms with E-state index in [0.29, 0.717) is 6.42 Å². The number of aromatic amines is 1. The van der Waals surface area contributed by atoms with Crippen LogP contribution in [0.2, 0.25) is 0 Å². The van der Waals surface area contributed by atoms with Crippen LogP contribution in [0.1, 0.15) is 46.6 Å². The van der Waals surface area contributed by atoms with Crippen LogP contribution in [0, 0.1) is 0 Å². The number of rotatable bonds is 7. The number of carbonyl (C=O) groups is 1. The van der Waals surface area contributed by atoms with Crippen molar-refractivity contribution >= 4 is 17.1 Å². The van der Waals surface area contributed by atoms with Crippen molar-refractivity contribution in [3.63, 3.8) is 0 Å². The van der Waals surface area contributed by atoms with E-state index >= 15 is 0 Å². The lowest BCUT2D eigenvalue weighted by molar-refractivity contribution is 0.0992. The molecule has 0 saturated heterocycles. The molecule has 0 aliphatic heterocycles. The molecule has 3 nitrogen and oxygen atoms in total. The molecule has 0 radical (unpaired) electrons. The summed E-state index contributed by atoms with van der Waals surface area (Å²) >= 11 is 1.64. The van der Waals surface area contributed by atoms with Crippen LogP contribution in [0.3, 0.4) is 0 Å². The van der Waals surface area contributed by atoms with Crippen molar-refractivity contribution in [3.05, 3.63) is 40.1 Å². The number of thiophene rings is 1. The summed E-state index contributed by atoms with van der Waals surface area (Å²) in [5, 5.41) is 0. The van der Waals surface area contributed by atoms with E-state index in [4.69, 9.17) is 0 Å². The zero-order chi connectivity index (χ0) is 12.8. The SMILES string of the molecule is CCC(=O)c1ccc(CCCCc2ncc[nH]2)s1. The van der Waals surface area contributed by atoms with Gasteiger partial charge in [0.1, 0.15) is 5.82 Å². The molecule has 4 heteroatoms. The minimum Gasteiger partial charge on any atom is -0.349 e. The molecule has 0 saturated carbocycles. The first-order valence-corrected chi connectivity index (χ1v) is 7.21. The van der Waals surface area contributed by atoms with Gasteiger partial charge in [0, 0.05) is 30.1 Å². The van der Waals surface area contributed by atoms with Gasteiger partial charge in [-0.15, -0.1) is 11.3 Å². The van der Waals surface area contributed by atoms with Gasteiger partial charge in [-0.1, -0.05) is 6.92 Å². The fraction of sp³-hybridized carbons (Fsp3) is 0.429. The molecule has 96 valence electrons. The Bertz CT molecular complexity index is 488. The van der Waals surface area contributed by atoms with Crippen molar-refractivity contribution in [1.82, 2.24) is 9.97 Å². The molecule has 0 aliphatic rings. The fourth-order valence-corrected chi connectivity index (χ4v) is 2.92. The first-order chi connectivity index (χ1) is 8.79. The molecule has 2 heterocycles. The van der Waals surface area contributed by atoms with E-state index in [1.807, 2.05) is 19.2 Å². The molecule has 0 amide bonds. The van der Waals surface area contributed by atoms with E-state index in [0.717, 1.165) is 36.4 Å². The molecule has 0 fully saturated rings. The quantitative estimate of drug-likeness (QED) is 0.611. The summed E-state index contributed by atoms with van der Waals surface area (Å²) in [6.45, 7) is 1.91. The normalized spacial score (nSPS) is 10.7. The third-order valence-electron chi connectivity index (χ3n) is 2.90. The summed E-state index contributed by atoms with van der Waals surface area (Å²) in [5.74, 6) is 1.31. The van der Waals surface area contributed by atoms with Gasteiger partial charge >= 0.3 is 0 Å². The monoisotopic (exact) mass is 262 g/mol. The molecule has 0 aromatic carbocycles. The molecule has 2 rings (SSSR count). The molecule has 2 aromatic rings. The average molecular weight is 262 g/mol. The molecule has 2 aromatic heterocycles. The number of aromatic nitrogens is 2. The van der Waals surface area contributed by atoms with E-state index in [9.17, 15) is 4.79 Å². The minimum atomic E-state index is 0.252. The Labute approximate surface area is 111 Å². The van der Waals surface area contributed by atoms with E-state index < -0.39 is 0 Å². The highest BCUT2D eigenvalue weighted by Crippen LogP contribution is 2.20. The maximum atomic E-state index is 11.5. The highest BCUT2D eigenvalue weighted by Gasteiger charge is 2.06. The van der Waals surface area contributed by atoms with Crippen LogP contribution in [0.5, 0.6) is 0 Å². The molecular formula is C14H18N2OS. The van der Waals surface area contributed by atoms with Crippen LogP contribution in [-0.2, 0) is 12.8 Å². The smallest absolute Gasteiger partial charge is 0.172 e. The van der Waals surface area contributed by atoms with Crippen LogP contribution in [0.4, 0.5) is 0 Å². The largest absolute Gasteiger partial charge is 0.349 e. The van der Waals surface area contributed by atoms with E-state index in [1.54, 1.807) is 17.5 Å². The third-order valence-corrected chi connectivity index (χ3v) is 4.09. The summed E-state index contributed by atoms with van der Waals surface area (Å²) in [7, 11) is 0. The number of nitrogens with one attached hydrogen (secondary N) is 1. The van der Waals surface area contributed by atoms with Gasteiger partial charge in [0.05, 0.1) is 4.88 Å². The zero-order valence-electron chi connectivity index (χ0n) is 10.6. The Morgan fingerprint density at radius 1 is 1.33 bits per heavy atom. The number of hydrogen-bond donors (Lipinski definition) is 1. The van der Waals surface area contributed by atoms with Gasteiger partial charge in [-0.2, -0.15) is 0 Å². The Morgan fingerprint density at radius 3 is 2.89 bits per heavy atom. The first-order valence-electron chi connectivity index (χ1n) is 6.39. The number of carbonyl (C=O) groups excluding carboxylic acids is 1. The third kappa shape index (κ3) is 3.53. The van der Waals surface area contributed by atoms with Gasteiger partial charge in [0.25, 0.3) is 0 Å². The van der Waals surface area contributed by atoms with Crippen molar-refractivity contribution in [2.24, 2.45) is 0 Å². The molecule has 0 spiro atoms. The number of H-pyrrole nitrogens is 1. The van der Waals surface area contributed by atoms with E-state index in [1.165, 1.54) is 4.88 Å². The van der Waals surface area contributed by atoms with Crippen molar-refractivity contribution in [2.75, 3.05) is 0 Å². The van der Waals surface area contributed by atoms with Gasteiger partial charge in [0.2, 0.25) is 0 Å². The van der Waals surface area contributed by atoms with Gasteiger partial charge in [-0.25, -0.2) is 4.98 Å². The Kier molecular flexibility index (Phi) is 4.70. The lowest BCUT2D eigenvalue weighted by Gasteiger charge is -1.97. The number of aryl methyl sites for hydroxylation is 2. The van der Waals surface area contributed by atoms with Crippen LogP contribution in [-0.4, -0.2) is 15.8 Å². The first kappa shape index (κ1) is 13.0. The lowest BCUT2D eigenvalue weighted by atomic mass is 10.1. The van der Waals surface area contributed by atoms with Crippen LogP contribution >= 0.6 is 11.3 Å². The molecule has 0 aliphatic carbocycles. The molecule has 1 N–H and O–H groups in total. The van der Waals surface area contributed by atoms with Crippen molar-refractivity contribution < 1.29 is 4.79 Å². The fourth-order valence-electron chi connectivity index (χ4n) is 1.86. The predicted molar refractivity (Wildman–Crippen MR) is 74.2 cm³/mol. The molecule has 0 atom stereocenters. The summed E-state index contributed by atoms with van der Waals surface area (Å²) in [4.78, 5) is 21.0.